The SMILES string of the molecule is CCCCCCCCCCOc1cccc(OC(=O)CCC(C)C)c1OC(=O)CCC(C)C.CCCCCCCCCOc1cccc(OC(=O)CCC(C)C)c1OC(=O)CCC(C)C. The number of benzene rings is 2. The molecule has 0 spiro atoms. The van der Waals surface area contributed by atoms with Crippen molar-refractivity contribution in [1.29, 1.82) is 0 Å². The summed E-state index contributed by atoms with van der Waals surface area (Å²) in [6, 6.07) is 10.4. The van der Waals surface area contributed by atoms with E-state index in [0.29, 0.717) is 74.1 Å². The van der Waals surface area contributed by atoms with E-state index in [-0.39, 0.29) is 46.9 Å². The van der Waals surface area contributed by atoms with Crippen molar-refractivity contribution in [2.75, 3.05) is 13.2 Å². The smallest absolute Gasteiger partial charge is 0.311 e. The molecule has 0 atom stereocenters. The van der Waals surface area contributed by atoms with E-state index in [1.165, 1.54) is 70.6 Å². The molecule has 0 aliphatic rings. The van der Waals surface area contributed by atoms with Crippen molar-refractivity contribution in [1.82, 2.24) is 0 Å². The quantitative estimate of drug-likeness (QED) is 0.0375. The van der Waals surface area contributed by atoms with Crippen molar-refractivity contribution >= 4 is 23.9 Å². The Kier molecular flexibility index (Phi) is 33.6. The summed E-state index contributed by atoms with van der Waals surface area (Å²) in [6.45, 7) is 22.0. The van der Waals surface area contributed by atoms with E-state index in [1.54, 1.807) is 36.4 Å². The number of ether oxygens (including phenoxy) is 6. The van der Waals surface area contributed by atoms with Crippen LogP contribution in [0.4, 0.5) is 0 Å². The minimum atomic E-state index is -0.342. The molecule has 0 bridgehead atoms. The fourth-order valence-electron chi connectivity index (χ4n) is 6.54. The highest BCUT2D eigenvalue weighted by Gasteiger charge is 2.21. The molecule has 370 valence electrons. The first-order valence-corrected chi connectivity index (χ1v) is 25.5. The summed E-state index contributed by atoms with van der Waals surface area (Å²) in [5.74, 6) is 2.09. The number of para-hydroxylation sites is 2. The highest BCUT2D eigenvalue weighted by Crippen LogP contribution is 2.39. The van der Waals surface area contributed by atoms with Crippen molar-refractivity contribution in [3.05, 3.63) is 36.4 Å². The van der Waals surface area contributed by atoms with Crippen LogP contribution in [0.5, 0.6) is 34.5 Å². The van der Waals surface area contributed by atoms with Gasteiger partial charge in [0.25, 0.3) is 0 Å². The van der Waals surface area contributed by atoms with Crippen LogP contribution in [0, 0.1) is 23.7 Å². The molecule has 10 nitrogen and oxygen atoms in total. The molecule has 0 heterocycles. The maximum absolute atomic E-state index is 12.4. The summed E-state index contributed by atoms with van der Waals surface area (Å²) in [5, 5.41) is 0. The molecule has 0 aromatic heterocycles. The molecule has 0 amide bonds. The maximum Gasteiger partial charge on any atom is 0.311 e. The van der Waals surface area contributed by atoms with Gasteiger partial charge in [0.2, 0.25) is 11.5 Å². The number of carbonyl (C=O) groups excluding carboxylic acids is 4. The summed E-state index contributed by atoms with van der Waals surface area (Å²) < 4.78 is 34.3. The molecule has 10 heteroatoms. The van der Waals surface area contributed by atoms with Crippen LogP contribution in [-0.4, -0.2) is 37.1 Å². The van der Waals surface area contributed by atoms with Crippen molar-refractivity contribution in [2.45, 2.75) is 217 Å². The van der Waals surface area contributed by atoms with Gasteiger partial charge in [0, 0.05) is 25.7 Å². The van der Waals surface area contributed by atoms with Gasteiger partial charge in [-0.15, -0.1) is 0 Å². The van der Waals surface area contributed by atoms with Gasteiger partial charge in [-0.25, -0.2) is 0 Å². The number of hydrogen-bond donors (Lipinski definition) is 0. The zero-order chi connectivity index (χ0) is 48.2. The van der Waals surface area contributed by atoms with Crippen molar-refractivity contribution in [3.8, 4) is 34.5 Å². The lowest BCUT2D eigenvalue weighted by molar-refractivity contribution is -0.137. The predicted molar refractivity (Wildman–Crippen MR) is 263 cm³/mol. The summed E-state index contributed by atoms with van der Waals surface area (Å²) in [4.78, 5) is 49.4. The molecule has 2 rings (SSSR count). The molecule has 0 fully saturated rings. The fourth-order valence-corrected chi connectivity index (χ4v) is 6.54. The minimum absolute atomic E-state index is 0.210. The number of esters is 4. The first-order chi connectivity index (χ1) is 31.2. The molecule has 2 aromatic carbocycles. The Morgan fingerprint density at radius 1 is 0.369 bits per heavy atom. The second-order valence-corrected chi connectivity index (χ2v) is 19.1. The molecule has 0 N–H and O–H groups in total. The molecular formula is C55H90O10. The lowest BCUT2D eigenvalue weighted by Crippen LogP contribution is -2.14. The standard InChI is InChI=1S/C28H46O5.C27H44O5/c1-6-7-8-9-10-11-12-13-21-31-24-15-14-16-25(32-26(29)19-17-22(2)3)28(24)33-27(30)20-18-23(4)5;1-6-7-8-9-10-11-12-20-30-23-14-13-15-24(31-25(28)18-16-21(2)3)27(23)32-26(29)19-17-22(4)5/h14-16,22-23H,6-13,17-21H2,1-5H3;13-15,21-22H,6-12,16-20H2,1-5H3. The summed E-state index contributed by atoms with van der Waals surface area (Å²) in [7, 11) is 0. The van der Waals surface area contributed by atoms with Crippen molar-refractivity contribution in [3.63, 3.8) is 0 Å². The van der Waals surface area contributed by atoms with Gasteiger partial charge in [-0.3, -0.25) is 19.2 Å². The largest absolute Gasteiger partial charge is 0.490 e. The van der Waals surface area contributed by atoms with Crippen molar-refractivity contribution < 1.29 is 47.6 Å². The number of unbranched alkanes of at least 4 members (excludes halogenated alkanes) is 13. The van der Waals surface area contributed by atoms with Gasteiger partial charge in [-0.1, -0.05) is 165 Å². The van der Waals surface area contributed by atoms with E-state index in [4.69, 9.17) is 28.4 Å². The molecule has 2 aromatic rings. The minimum Gasteiger partial charge on any atom is -0.490 e. The van der Waals surface area contributed by atoms with E-state index < -0.39 is 0 Å². The lowest BCUT2D eigenvalue weighted by Gasteiger charge is -2.16. The summed E-state index contributed by atoms with van der Waals surface area (Å²) >= 11 is 0. The van der Waals surface area contributed by atoms with E-state index in [2.05, 4.69) is 69.2 Å². The summed E-state index contributed by atoms with van der Waals surface area (Å²) in [5.41, 5.74) is 0. The molecule has 65 heavy (non-hydrogen) atoms. The van der Waals surface area contributed by atoms with Gasteiger partial charge in [-0.2, -0.15) is 0 Å². The number of carbonyl (C=O) groups is 4. The Labute approximate surface area is 395 Å². The molecule has 0 aliphatic heterocycles. The number of hydrogen-bond acceptors (Lipinski definition) is 10. The Morgan fingerprint density at radius 2 is 0.631 bits per heavy atom. The normalized spacial score (nSPS) is 11.1. The van der Waals surface area contributed by atoms with E-state index in [9.17, 15) is 19.2 Å². The zero-order valence-electron chi connectivity index (χ0n) is 42.5. The van der Waals surface area contributed by atoms with E-state index in [0.717, 1.165) is 51.4 Å². The predicted octanol–water partition coefficient (Wildman–Crippen LogP) is 15.4. The second kappa shape index (κ2) is 37.1. The summed E-state index contributed by atoms with van der Waals surface area (Å²) in [6.07, 6.45) is 22.3. The molecule has 0 saturated carbocycles. The average molecular weight is 911 g/mol. The molecular weight excluding hydrogens is 821 g/mol. The van der Waals surface area contributed by atoms with Crippen LogP contribution in [0.15, 0.2) is 36.4 Å². The van der Waals surface area contributed by atoms with Gasteiger partial charge in [0.1, 0.15) is 0 Å². The van der Waals surface area contributed by atoms with Gasteiger partial charge in [0.15, 0.2) is 23.0 Å². The third kappa shape index (κ3) is 30.7. The Hall–Kier alpha value is -4.08. The van der Waals surface area contributed by atoms with Gasteiger partial charge >= 0.3 is 23.9 Å². The van der Waals surface area contributed by atoms with E-state index >= 15 is 0 Å². The highest BCUT2D eigenvalue weighted by molar-refractivity contribution is 5.78. The molecule has 0 aliphatic carbocycles. The second-order valence-electron chi connectivity index (χ2n) is 19.1. The van der Waals surface area contributed by atoms with Crippen LogP contribution in [-0.2, 0) is 19.2 Å². The van der Waals surface area contributed by atoms with Gasteiger partial charge in [0.05, 0.1) is 13.2 Å². The Morgan fingerprint density at radius 3 is 0.923 bits per heavy atom. The van der Waals surface area contributed by atoms with Crippen LogP contribution >= 0.6 is 0 Å². The lowest BCUT2D eigenvalue weighted by atomic mass is 10.1. The molecule has 0 radical (unpaired) electrons. The maximum atomic E-state index is 12.4. The number of rotatable bonds is 35. The molecule has 0 unspecified atom stereocenters. The average Bonchev–Trinajstić information content (AvgIpc) is 3.25. The molecule has 0 saturated heterocycles. The van der Waals surface area contributed by atoms with Crippen LogP contribution in [0.25, 0.3) is 0 Å². The zero-order valence-corrected chi connectivity index (χ0v) is 42.5. The monoisotopic (exact) mass is 911 g/mol. The van der Waals surface area contributed by atoms with Crippen molar-refractivity contribution in [2.24, 2.45) is 23.7 Å². The van der Waals surface area contributed by atoms with Gasteiger partial charge < -0.3 is 28.4 Å². The fraction of sp³-hybridized carbons (Fsp3) is 0.709. The third-order valence-corrected chi connectivity index (χ3v) is 10.7. The first kappa shape index (κ1) is 58.9. The Balaban J connectivity index is 0.000000650. The van der Waals surface area contributed by atoms with Crippen LogP contribution in [0.1, 0.15) is 217 Å². The van der Waals surface area contributed by atoms with E-state index in [1.807, 2.05) is 0 Å². The topological polar surface area (TPSA) is 124 Å². The third-order valence-electron chi connectivity index (χ3n) is 10.7. The van der Waals surface area contributed by atoms with Crippen LogP contribution in [0.3, 0.4) is 0 Å². The highest BCUT2D eigenvalue weighted by atomic mass is 16.6. The van der Waals surface area contributed by atoms with Gasteiger partial charge in [-0.05, 0) is 86.5 Å². The van der Waals surface area contributed by atoms with Crippen LogP contribution < -0.4 is 28.4 Å². The first-order valence-electron chi connectivity index (χ1n) is 25.5. The Bertz CT molecular complexity index is 1580. The van der Waals surface area contributed by atoms with Crippen LogP contribution in [0.2, 0.25) is 0 Å².